The summed E-state index contributed by atoms with van der Waals surface area (Å²) in [6, 6.07) is 12.4. The second kappa shape index (κ2) is 8.43. The molecule has 0 saturated carbocycles. The number of nitrogens with zero attached hydrogens (tertiary/aromatic N) is 2. The summed E-state index contributed by atoms with van der Waals surface area (Å²) in [5.74, 6) is -1.99. The highest BCUT2D eigenvalue weighted by molar-refractivity contribution is 7.89. The number of sulfonamides is 1. The van der Waals surface area contributed by atoms with Gasteiger partial charge in [-0.3, -0.25) is 4.79 Å². The molecule has 5 nitrogen and oxygen atoms in total. The van der Waals surface area contributed by atoms with Gasteiger partial charge in [0, 0.05) is 25.6 Å². The van der Waals surface area contributed by atoms with Crippen molar-refractivity contribution in [1.29, 1.82) is 0 Å². The van der Waals surface area contributed by atoms with Gasteiger partial charge in [-0.15, -0.1) is 0 Å². The quantitative estimate of drug-likeness (QED) is 0.737. The lowest BCUT2D eigenvalue weighted by Crippen LogP contribution is -2.44. The van der Waals surface area contributed by atoms with Crippen LogP contribution in [-0.2, 0) is 14.8 Å². The van der Waals surface area contributed by atoms with Crippen molar-refractivity contribution in [3.05, 3.63) is 65.7 Å². The van der Waals surface area contributed by atoms with Crippen LogP contribution in [0.5, 0.6) is 0 Å². The predicted molar refractivity (Wildman–Crippen MR) is 108 cm³/mol. The Balaban J connectivity index is 1.44. The van der Waals surface area contributed by atoms with Gasteiger partial charge in [-0.1, -0.05) is 30.3 Å². The third-order valence-electron chi connectivity index (χ3n) is 6.03. The molecule has 2 heterocycles. The van der Waals surface area contributed by atoms with Crippen molar-refractivity contribution in [3.8, 4) is 0 Å². The van der Waals surface area contributed by atoms with Crippen LogP contribution in [0.25, 0.3) is 0 Å². The van der Waals surface area contributed by atoms with Gasteiger partial charge in [-0.25, -0.2) is 17.2 Å². The molecule has 1 atom stereocenters. The van der Waals surface area contributed by atoms with Crippen LogP contribution in [0.3, 0.4) is 0 Å². The van der Waals surface area contributed by atoms with Crippen molar-refractivity contribution in [1.82, 2.24) is 9.21 Å². The number of amides is 1. The summed E-state index contributed by atoms with van der Waals surface area (Å²) in [4.78, 5) is 14.4. The smallest absolute Gasteiger partial charge is 0.246 e. The monoisotopic (exact) mass is 434 g/mol. The molecular formula is C22H24F2N2O3S. The Labute approximate surface area is 175 Å². The van der Waals surface area contributed by atoms with Gasteiger partial charge in [0.05, 0.1) is 6.04 Å². The zero-order chi connectivity index (χ0) is 21.3. The first-order valence-electron chi connectivity index (χ1n) is 10.2. The maximum absolute atomic E-state index is 14.0. The van der Waals surface area contributed by atoms with Gasteiger partial charge >= 0.3 is 0 Å². The normalized spacial score (nSPS) is 21.1. The summed E-state index contributed by atoms with van der Waals surface area (Å²) in [7, 11) is -4.14. The van der Waals surface area contributed by atoms with Crippen molar-refractivity contribution in [2.75, 3.05) is 19.6 Å². The van der Waals surface area contributed by atoms with E-state index in [0.717, 1.165) is 34.8 Å². The van der Waals surface area contributed by atoms with E-state index in [1.165, 1.54) is 0 Å². The molecule has 8 heteroatoms. The van der Waals surface area contributed by atoms with E-state index in [0.29, 0.717) is 25.5 Å². The van der Waals surface area contributed by atoms with E-state index in [9.17, 15) is 22.0 Å². The maximum Gasteiger partial charge on any atom is 0.246 e. The Hall–Kier alpha value is -2.32. The van der Waals surface area contributed by atoms with Crippen LogP contribution in [0.4, 0.5) is 8.78 Å². The molecule has 0 spiro atoms. The molecule has 0 bridgehead atoms. The maximum atomic E-state index is 14.0. The second-order valence-corrected chi connectivity index (χ2v) is 9.76. The Morgan fingerprint density at radius 1 is 0.933 bits per heavy atom. The Morgan fingerprint density at radius 3 is 2.33 bits per heavy atom. The van der Waals surface area contributed by atoms with Gasteiger partial charge in [0.2, 0.25) is 15.9 Å². The third-order valence-corrected chi connectivity index (χ3v) is 7.95. The average Bonchev–Trinajstić information content (AvgIpc) is 3.25. The predicted octanol–water partition coefficient (Wildman–Crippen LogP) is 3.73. The lowest BCUT2D eigenvalue weighted by atomic mass is 9.95. The standard InChI is InChI=1S/C22H24F2N2O3S/c23-18-8-9-19(24)21(15-18)30(28,29)25-13-10-17(11-14-25)22(27)26-12-4-7-20(26)16-5-2-1-3-6-16/h1-3,5-6,8-9,15,17,20H,4,7,10-14H2. The summed E-state index contributed by atoms with van der Waals surface area (Å²) in [5.41, 5.74) is 1.12. The van der Waals surface area contributed by atoms with Crippen LogP contribution < -0.4 is 0 Å². The van der Waals surface area contributed by atoms with Gasteiger partial charge in [0.15, 0.2) is 0 Å². The van der Waals surface area contributed by atoms with Crippen LogP contribution in [0.15, 0.2) is 53.4 Å². The van der Waals surface area contributed by atoms with Gasteiger partial charge in [0.1, 0.15) is 16.5 Å². The topological polar surface area (TPSA) is 57.7 Å². The molecule has 1 amide bonds. The van der Waals surface area contributed by atoms with Gasteiger partial charge in [-0.05, 0) is 49.4 Å². The molecule has 1 unspecified atom stereocenters. The van der Waals surface area contributed by atoms with E-state index in [4.69, 9.17) is 0 Å². The number of likely N-dealkylation sites (tertiary alicyclic amines) is 1. The second-order valence-electron chi connectivity index (χ2n) is 7.85. The minimum atomic E-state index is -4.14. The Kier molecular flexibility index (Phi) is 5.88. The molecule has 2 aromatic rings. The summed E-state index contributed by atoms with van der Waals surface area (Å²) >= 11 is 0. The Morgan fingerprint density at radius 2 is 1.63 bits per heavy atom. The molecule has 0 aliphatic carbocycles. The molecule has 2 saturated heterocycles. The molecule has 30 heavy (non-hydrogen) atoms. The first-order valence-corrected chi connectivity index (χ1v) is 11.6. The molecule has 160 valence electrons. The highest BCUT2D eigenvalue weighted by atomic mass is 32.2. The molecule has 2 aliphatic heterocycles. The van der Waals surface area contributed by atoms with Crippen LogP contribution >= 0.6 is 0 Å². The summed E-state index contributed by atoms with van der Waals surface area (Å²) in [6.45, 7) is 0.919. The molecule has 0 radical (unpaired) electrons. The first kappa shape index (κ1) is 20.9. The number of halogens is 2. The zero-order valence-corrected chi connectivity index (χ0v) is 17.3. The fraction of sp³-hybridized carbons (Fsp3) is 0.409. The summed E-state index contributed by atoms with van der Waals surface area (Å²) < 4.78 is 54.1. The molecule has 2 aromatic carbocycles. The molecule has 0 aromatic heterocycles. The van der Waals surface area contributed by atoms with E-state index >= 15 is 0 Å². The van der Waals surface area contributed by atoms with Gasteiger partial charge in [0.25, 0.3) is 0 Å². The molecular weight excluding hydrogens is 410 g/mol. The van der Waals surface area contributed by atoms with Crippen molar-refractivity contribution in [2.24, 2.45) is 5.92 Å². The number of hydrogen-bond acceptors (Lipinski definition) is 3. The van der Waals surface area contributed by atoms with Crippen molar-refractivity contribution in [2.45, 2.75) is 36.6 Å². The van der Waals surface area contributed by atoms with Crippen LogP contribution in [0.1, 0.15) is 37.3 Å². The number of benzene rings is 2. The fourth-order valence-corrected chi connectivity index (χ4v) is 5.99. The highest BCUT2D eigenvalue weighted by Crippen LogP contribution is 2.35. The first-order chi connectivity index (χ1) is 14.4. The van der Waals surface area contributed by atoms with Gasteiger partial charge < -0.3 is 4.90 Å². The minimum absolute atomic E-state index is 0.0512. The molecule has 4 rings (SSSR count). The number of carbonyl (C=O) groups excluding carboxylic acids is 1. The SMILES string of the molecule is O=C(C1CCN(S(=O)(=O)c2cc(F)ccc2F)CC1)N1CCCC1c1ccccc1. The molecule has 0 N–H and O–H groups in total. The van der Waals surface area contributed by atoms with Crippen molar-refractivity contribution in [3.63, 3.8) is 0 Å². The van der Waals surface area contributed by atoms with E-state index in [1.807, 2.05) is 35.2 Å². The fourth-order valence-electron chi connectivity index (χ4n) is 4.44. The van der Waals surface area contributed by atoms with E-state index < -0.39 is 26.6 Å². The van der Waals surface area contributed by atoms with Crippen LogP contribution in [0, 0.1) is 17.6 Å². The minimum Gasteiger partial charge on any atom is -0.335 e. The van der Waals surface area contributed by atoms with E-state index in [1.54, 1.807) is 0 Å². The third kappa shape index (κ3) is 3.98. The summed E-state index contributed by atoms with van der Waals surface area (Å²) in [6.07, 6.45) is 2.60. The van der Waals surface area contributed by atoms with E-state index in [2.05, 4.69) is 0 Å². The van der Waals surface area contributed by atoms with Crippen molar-refractivity contribution < 1.29 is 22.0 Å². The van der Waals surface area contributed by atoms with Crippen molar-refractivity contribution >= 4 is 15.9 Å². The number of hydrogen-bond donors (Lipinski definition) is 0. The number of rotatable bonds is 4. The zero-order valence-electron chi connectivity index (χ0n) is 16.5. The number of carbonyl (C=O) groups is 1. The number of piperidine rings is 1. The highest BCUT2D eigenvalue weighted by Gasteiger charge is 2.38. The summed E-state index contributed by atoms with van der Waals surface area (Å²) in [5, 5.41) is 0. The molecule has 2 fully saturated rings. The average molecular weight is 435 g/mol. The van der Waals surface area contributed by atoms with Crippen LogP contribution in [-0.4, -0.2) is 43.2 Å². The Bertz CT molecular complexity index is 1020. The van der Waals surface area contributed by atoms with Crippen LogP contribution in [0.2, 0.25) is 0 Å². The van der Waals surface area contributed by atoms with Gasteiger partial charge in [-0.2, -0.15) is 4.31 Å². The largest absolute Gasteiger partial charge is 0.335 e. The lowest BCUT2D eigenvalue weighted by Gasteiger charge is -2.34. The molecule has 2 aliphatic rings. The lowest BCUT2D eigenvalue weighted by molar-refractivity contribution is -0.137. The van der Waals surface area contributed by atoms with E-state index in [-0.39, 0.29) is 31.0 Å².